The van der Waals surface area contributed by atoms with Crippen molar-refractivity contribution in [2.45, 2.75) is 51.1 Å². The number of piperidine rings is 1. The van der Waals surface area contributed by atoms with Crippen LogP contribution in [0.15, 0.2) is 0 Å². The molecule has 17 heavy (non-hydrogen) atoms. The average molecular weight is 239 g/mol. The third kappa shape index (κ3) is 3.96. The molecule has 4 nitrogen and oxygen atoms in total. The predicted octanol–water partition coefficient (Wildman–Crippen LogP) is 0.729. The van der Waals surface area contributed by atoms with Crippen LogP contribution in [0.3, 0.4) is 0 Å². The van der Waals surface area contributed by atoms with Crippen LogP contribution in [0.2, 0.25) is 0 Å². The number of hydrogen-bond donors (Lipinski definition) is 2. The SMILES string of the molecule is CCN(CCNC(=O)[C@H]1CCCCN1)C1CC1. The van der Waals surface area contributed by atoms with Gasteiger partial charge in [0.1, 0.15) is 0 Å². The first-order chi connectivity index (χ1) is 8.31. The average Bonchev–Trinajstić information content (AvgIpc) is 3.20. The molecule has 0 radical (unpaired) electrons. The van der Waals surface area contributed by atoms with Crippen molar-refractivity contribution in [2.24, 2.45) is 0 Å². The van der Waals surface area contributed by atoms with Gasteiger partial charge in [0, 0.05) is 19.1 Å². The number of carbonyl (C=O) groups excluding carboxylic acids is 1. The third-order valence-corrected chi connectivity index (χ3v) is 3.79. The molecule has 2 fully saturated rings. The van der Waals surface area contributed by atoms with E-state index in [0.717, 1.165) is 38.6 Å². The Balaban J connectivity index is 1.61. The Bertz CT molecular complexity index is 247. The van der Waals surface area contributed by atoms with Gasteiger partial charge in [-0.15, -0.1) is 0 Å². The molecule has 1 amide bonds. The molecule has 1 saturated heterocycles. The quantitative estimate of drug-likeness (QED) is 0.718. The van der Waals surface area contributed by atoms with E-state index < -0.39 is 0 Å². The van der Waals surface area contributed by atoms with E-state index in [2.05, 4.69) is 22.5 Å². The molecule has 98 valence electrons. The van der Waals surface area contributed by atoms with Crippen LogP contribution in [0.1, 0.15) is 39.0 Å². The van der Waals surface area contributed by atoms with Crippen molar-refractivity contribution >= 4 is 5.91 Å². The van der Waals surface area contributed by atoms with Crippen LogP contribution in [0.5, 0.6) is 0 Å². The van der Waals surface area contributed by atoms with Gasteiger partial charge in [-0.2, -0.15) is 0 Å². The Morgan fingerprint density at radius 2 is 2.18 bits per heavy atom. The van der Waals surface area contributed by atoms with E-state index >= 15 is 0 Å². The highest BCUT2D eigenvalue weighted by Gasteiger charge is 2.27. The smallest absolute Gasteiger partial charge is 0.237 e. The van der Waals surface area contributed by atoms with Gasteiger partial charge in [-0.05, 0) is 38.8 Å². The summed E-state index contributed by atoms with van der Waals surface area (Å²) >= 11 is 0. The second-order valence-electron chi connectivity index (χ2n) is 5.15. The number of rotatable bonds is 6. The summed E-state index contributed by atoms with van der Waals surface area (Å²) in [7, 11) is 0. The van der Waals surface area contributed by atoms with Crippen LogP contribution in [-0.2, 0) is 4.79 Å². The summed E-state index contributed by atoms with van der Waals surface area (Å²) in [5.74, 6) is 0.191. The van der Waals surface area contributed by atoms with E-state index in [1.165, 1.54) is 25.7 Å². The highest BCUT2D eigenvalue weighted by atomic mass is 16.2. The monoisotopic (exact) mass is 239 g/mol. The first-order valence-corrected chi connectivity index (χ1v) is 7.06. The summed E-state index contributed by atoms with van der Waals surface area (Å²) in [6.45, 7) is 6.08. The van der Waals surface area contributed by atoms with Gasteiger partial charge in [-0.1, -0.05) is 13.3 Å². The van der Waals surface area contributed by atoms with E-state index in [1.54, 1.807) is 0 Å². The van der Waals surface area contributed by atoms with E-state index in [1.807, 2.05) is 0 Å². The Hall–Kier alpha value is -0.610. The molecule has 0 aromatic rings. The van der Waals surface area contributed by atoms with Gasteiger partial charge in [-0.3, -0.25) is 9.69 Å². The second kappa shape index (κ2) is 6.36. The predicted molar refractivity (Wildman–Crippen MR) is 68.9 cm³/mol. The molecule has 2 aliphatic rings. The molecule has 2 rings (SSSR count). The van der Waals surface area contributed by atoms with Crippen molar-refractivity contribution in [3.05, 3.63) is 0 Å². The van der Waals surface area contributed by atoms with E-state index in [-0.39, 0.29) is 11.9 Å². The van der Waals surface area contributed by atoms with Gasteiger partial charge in [0.2, 0.25) is 5.91 Å². The van der Waals surface area contributed by atoms with Gasteiger partial charge in [0.25, 0.3) is 0 Å². The van der Waals surface area contributed by atoms with Crippen molar-refractivity contribution in [1.29, 1.82) is 0 Å². The first-order valence-electron chi connectivity index (χ1n) is 7.06. The second-order valence-corrected chi connectivity index (χ2v) is 5.15. The lowest BCUT2D eigenvalue weighted by Gasteiger charge is -2.24. The van der Waals surface area contributed by atoms with Crippen LogP contribution in [0, 0.1) is 0 Å². The van der Waals surface area contributed by atoms with Gasteiger partial charge in [0.05, 0.1) is 6.04 Å². The summed E-state index contributed by atoms with van der Waals surface area (Å²) in [5.41, 5.74) is 0. The maximum Gasteiger partial charge on any atom is 0.237 e. The molecule has 4 heteroatoms. The van der Waals surface area contributed by atoms with Gasteiger partial charge < -0.3 is 10.6 Å². The van der Waals surface area contributed by atoms with Gasteiger partial charge in [-0.25, -0.2) is 0 Å². The van der Waals surface area contributed by atoms with Gasteiger partial charge >= 0.3 is 0 Å². The van der Waals surface area contributed by atoms with Crippen molar-refractivity contribution in [3.8, 4) is 0 Å². The number of nitrogens with one attached hydrogen (secondary N) is 2. The Kier molecular flexibility index (Phi) is 4.80. The van der Waals surface area contributed by atoms with Crippen LogP contribution in [0.4, 0.5) is 0 Å². The molecule has 2 N–H and O–H groups in total. The van der Waals surface area contributed by atoms with Crippen LogP contribution >= 0.6 is 0 Å². The minimum atomic E-state index is 0.0553. The molecule has 0 bridgehead atoms. The van der Waals surface area contributed by atoms with Crippen molar-refractivity contribution in [1.82, 2.24) is 15.5 Å². The largest absolute Gasteiger partial charge is 0.353 e. The molecule has 0 aromatic heterocycles. The molecule has 1 saturated carbocycles. The molecule has 0 spiro atoms. The standard InChI is InChI=1S/C13H25N3O/c1-2-16(11-6-7-11)10-9-15-13(17)12-5-3-4-8-14-12/h11-12,14H,2-10H2,1H3,(H,15,17)/t12-/m1/s1. The Morgan fingerprint density at radius 1 is 1.35 bits per heavy atom. The minimum absolute atomic E-state index is 0.0553. The summed E-state index contributed by atoms with van der Waals surface area (Å²) in [6.07, 6.45) is 6.05. The maximum absolute atomic E-state index is 11.9. The molecule has 1 aliphatic carbocycles. The molecule has 1 atom stereocenters. The summed E-state index contributed by atoms with van der Waals surface area (Å²) in [5, 5.41) is 6.34. The third-order valence-electron chi connectivity index (χ3n) is 3.79. The lowest BCUT2D eigenvalue weighted by molar-refractivity contribution is -0.123. The number of likely N-dealkylation sites (N-methyl/N-ethyl adjacent to an activating group) is 1. The van der Waals surface area contributed by atoms with Crippen molar-refractivity contribution in [3.63, 3.8) is 0 Å². The van der Waals surface area contributed by atoms with E-state index in [4.69, 9.17) is 0 Å². The number of amides is 1. The molecule has 1 aliphatic heterocycles. The minimum Gasteiger partial charge on any atom is -0.353 e. The molecule has 0 unspecified atom stereocenters. The molecule has 0 aromatic carbocycles. The topological polar surface area (TPSA) is 44.4 Å². The van der Waals surface area contributed by atoms with Crippen molar-refractivity contribution in [2.75, 3.05) is 26.2 Å². The van der Waals surface area contributed by atoms with E-state index in [9.17, 15) is 4.79 Å². The number of carbonyl (C=O) groups is 1. The first kappa shape index (κ1) is 12.8. The zero-order valence-corrected chi connectivity index (χ0v) is 10.9. The Labute approximate surface area is 104 Å². The lowest BCUT2D eigenvalue weighted by atomic mass is 10.0. The van der Waals surface area contributed by atoms with Crippen LogP contribution in [-0.4, -0.2) is 49.1 Å². The highest BCUT2D eigenvalue weighted by Crippen LogP contribution is 2.25. The van der Waals surface area contributed by atoms with Crippen LogP contribution in [0.25, 0.3) is 0 Å². The van der Waals surface area contributed by atoms with Crippen LogP contribution < -0.4 is 10.6 Å². The number of hydrogen-bond acceptors (Lipinski definition) is 3. The summed E-state index contributed by atoms with van der Waals surface area (Å²) in [4.78, 5) is 14.3. The molecule has 1 heterocycles. The fourth-order valence-electron chi connectivity index (χ4n) is 2.56. The zero-order chi connectivity index (χ0) is 12.1. The number of nitrogens with zero attached hydrogens (tertiary/aromatic N) is 1. The normalized spacial score (nSPS) is 24.9. The van der Waals surface area contributed by atoms with Gasteiger partial charge in [0.15, 0.2) is 0 Å². The highest BCUT2D eigenvalue weighted by molar-refractivity contribution is 5.81. The fourth-order valence-corrected chi connectivity index (χ4v) is 2.56. The molecular formula is C13H25N3O. The summed E-state index contributed by atoms with van der Waals surface area (Å²) in [6, 6.07) is 0.851. The molecular weight excluding hydrogens is 214 g/mol. The van der Waals surface area contributed by atoms with E-state index in [0.29, 0.717) is 0 Å². The van der Waals surface area contributed by atoms with Crippen molar-refractivity contribution < 1.29 is 4.79 Å². The fraction of sp³-hybridized carbons (Fsp3) is 0.923. The Morgan fingerprint density at radius 3 is 2.76 bits per heavy atom. The summed E-state index contributed by atoms with van der Waals surface area (Å²) < 4.78 is 0. The lowest BCUT2D eigenvalue weighted by Crippen LogP contribution is -2.48. The zero-order valence-electron chi connectivity index (χ0n) is 10.9. The maximum atomic E-state index is 11.9.